The summed E-state index contributed by atoms with van der Waals surface area (Å²) in [6.07, 6.45) is 0. The Labute approximate surface area is 94.5 Å². The van der Waals surface area contributed by atoms with Gasteiger partial charge < -0.3 is 0 Å². The van der Waals surface area contributed by atoms with Crippen LogP contribution in [0.3, 0.4) is 0 Å². The fourth-order valence-electron chi connectivity index (χ4n) is 1.32. The Hall–Kier alpha value is -1.17. The zero-order valence-corrected chi connectivity index (χ0v) is 9.58. The summed E-state index contributed by atoms with van der Waals surface area (Å²) in [7, 11) is -1.57. The van der Waals surface area contributed by atoms with Gasteiger partial charge >= 0.3 is 0 Å². The molecule has 0 saturated heterocycles. The topological polar surface area (TPSA) is 17.1 Å². The van der Waals surface area contributed by atoms with E-state index in [0.717, 1.165) is 5.30 Å². The molecule has 0 aliphatic carbocycles. The lowest BCUT2D eigenvalue weighted by Gasteiger charge is -2.02. The van der Waals surface area contributed by atoms with Crippen molar-refractivity contribution in [3.63, 3.8) is 0 Å². The molecular weight excluding hydrogens is 227 g/mol. The lowest BCUT2D eigenvalue weighted by atomic mass is 10.4. The van der Waals surface area contributed by atoms with E-state index in [0.29, 0.717) is 10.3 Å². The first-order valence-electron chi connectivity index (χ1n) is 4.56. The summed E-state index contributed by atoms with van der Waals surface area (Å²) >= 11 is 5.99. The normalized spacial score (nSPS) is 11.1. The standard InChI is InChI=1S/C12H9ClOP/c13-11-8-4-5-9-12(11)15(14)10-6-2-1-3-7-10/h1-9H. The fraction of sp³-hybridized carbons (Fsp3) is 0. The number of hydrogen-bond donors (Lipinski definition) is 0. The molecule has 2 aromatic carbocycles. The number of benzene rings is 2. The summed E-state index contributed by atoms with van der Waals surface area (Å²) in [4.78, 5) is 0. The second-order valence-corrected chi connectivity index (χ2v) is 5.08. The van der Waals surface area contributed by atoms with Crippen LogP contribution in [0, 0.1) is 0 Å². The summed E-state index contributed by atoms with van der Waals surface area (Å²) in [5.74, 6) is 0. The maximum absolute atomic E-state index is 12.1. The molecule has 0 spiro atoms. The molecule has 0 bridgehead atoms. The van der Waals surface area contributed by atoms with Crippen LogP contribution < -0.4 is 10.6 Å². The number of rotatable bonds is 2. The number of hydrogen-bond acceptors (Lipinski definition) is 1. The third kappa shape index (κ3) is 2.26. The minimum Gasteiger partial charge on any atom is -0.277 e. The summed E-state index contributed by atoms with van der Waals surface area (Å²) in [6, 6.07) is 16.6. The molecule has 1 nitrogen and oxygen atoms in total. The summed E-state index contributed by atoms with van der Waals surface area (Å²) < 4.78 is 12.1. The van der Waals surface area contributed by atoms with Crippen LogP contribution in [0.5, 0.6) is 0 Å². The van der Waals surface area contributed by atoms with Gasteiger partial charge in [-0.1, -0.05) is 41.9 Å². The van der Waals surface area contributed by atoms with Gasteiger partial charge in [0.1, 0.15) is 7.80 Å². The fourth-order valence-corrected chi connectivity index (χ4v) is 2.90. The molecule has 0 N–H and O–H groups in total. The highest BCUT2D eigenvalue weighted by atomic mass is 35.5. The van der Waals surface area contributed by atoms with Crippen LogP contribution in [0.4, 0.5) is 0 Å². The van der Waals surface area contributed by atoms with Gasteiger partial charge in [-0.15, -0.1) is 0 Å². The van der Waals surface area contributed by atoms with Gasteiger partial charge in [0, 0.05) is 5.30 Å². The van der Waals surface area contributed by atoms with Crippen molar-refractivity contribution in [2.75, 3.05) is 0 Å². The highest BCUT2D eigenvalue weighted by Gasteiger charge is 2.10. The molecule has 1 radical (unpaired) electrons. The molecule has 2 aromatic rings. The lowest BCUT2D eigenvalue weighted by Crippen LogP contribution is -2.06. The van der Waals surface area contributed by atoms with Crippen LogP contribution >= 0.6 is 19.4 Å². The van der Waals surface area contributed by atoms with Gasteiger partial charge in [0.15, 0.2) is 0 Å². The van der Waals surface area contributed by atoms with Gasteiger partial charge in [0.2, 0.25) is 0 Å². The molecule has 0 fully saturated rings. The van der Waals surface area contributed by atoms with Crippen molar-refractivity contribution in [3.8, 4) is 0 Å². The van der Waals surface area contributed by atoms with Crippen LogP contribution in [0.1, 0.15) is 0 Å². The van der Waals surface area contributed by atoms with E-state index in [2.05, 4.69) is 0 Å². The molecule has 2 rings (SSSR count). The van der Waals surface area contributed by atoms with Crippen LogP contribution in [0.15, 0.2) is 54.6 Å². The Morgan fingerprint density at radius 3 is 2.13 bits per heavy atom. The van der Waals surface area contributed by atoms with Crippen LogP contribution in [-0.2, 0) is 4.57 Å². The van der Waals surface area contributed by atoms with E-state index >= 15 is 0 Å². The molecular formula is C12H9ClOP. The Morgan fingerprint density at radius 2 is 1.47 bits per heavy atom. The van der Waals surface area contributed by atoms with E-state index in [1.807, 2.05) is 42.5 Å². The molecule has 0 aliphatic rings. The molecule has 0 aliphatic heterocycles. The molecule has 75 valence electrons. The quantitative estimate of drug-likeness (QED) is 0.731. The van der Waals surface area contributed by atoms with Crippen molar-refractivity contribution in [2.45, 2.75) is 0 Å². The molecule has 0 amide bonds. The zero-order valence-electron chi connectivity index (χ0n) is 7.93. The average molecular weight is 236 g/mol. The maximum Gasteiger partial charge on any atom is 0.138 e. The first-order chi connectivity index (χ1) is 7.29. The SMILES string of the molecule is O=[P](c1ccccc1)c1ccccc1Cl. The monoisotopic (exact) mass is 235 g/mol. The maximum atomic E-state index is 12.1. The predicted molar refractivity (Wildman–Crippen MR) is 64.8 cm³/mol. The third-order valence-corrected chi connectivity index (χ3v) is 4.12. The van der Waals surface area contributed by atoms with Crippen LogP contribution in [-0.4, -0.2) is 0 Å². The van der Waals surface area contributed by atoms with E-state index in [4.69, 9.17) is 11.6 Å². The van der Waals surface area contributed by atoms with Crippen molar-refractivity contribution in [1.82, 2.24) is 0 Å². The summed E-state index contributed by atoms with van der Waals surface area (Å²) in [6.45, 7) is 0. The van der Waals surface area contributed by atoms with E-state index in [1.54, 1.807) is 12.1 Å². The summed E-state index contributed by atoms with van der Waals surface area (Å²) in [5.41, 5.74) is 0. The second-order valence-electron chi connectivity index (χ2n) is 3.08. The largest absolute Gasteiger partial charge is 0.277 e. The molecule has 0 heterocycles. The Morgan fingerprint density at radius 1 is 0.867 bits per heavy atom. The van der Waals surface area contributed by atoms with E-state index in [-0.39, 0.29) is 0 Å². The van der Waals surface area contributed by atoms with Gasteiger partial charge in [-0.2, -0.15) is 0 Å². The highest BCUT2D eigenvalue weighted by molar-refractivity contribution is 7.61. The molecule has 3 heteroatoms. The van der Waals surface area contributed by atoms with Crippen molar-refractivity contribution in [3.05, 3.63) is 59.6 Å². The van der Waals surface area contributed by atoms with E-state index in [1.165, 1.54) is 0 Å². The van der Waals surface area contributed by atoms with E-state index < -0.39 is 7.80 Å². The van der Waals surface area contributed by atoms with Gasteiger partial charge in [-0.05, 0) is 24.3 Å². The molecule has 1 atom stereocenters. The van der Waals surface area contributed by atoms with Gasteiger partial charge in [-0.25, -0.2) is 0 Å². The molecule has 0 aromatic heterocycles. The molecule has 15 heavy (non-hydrogen) atoms. The predicted octanol–water partition coefficient (Wildman–Crippen LogP) is 3.12. The van der Waals surface area contributed by atoms with Crippen LogP contribution in [0.25, 0.3) is 0 Å². The second kappa shape index (κ2) is 4.57. The minimum absolute atomic E-state index is 0.558. The average Bonchev–Trinajstić information content (AvgIpc) is 2.30. The Balaban J connectivity index is 2.42. The first-order valence-corrected chi connectivity index (χ1v) is 6.19. The number of halogens is 1. The molecule has 0 saturated carbocycles. The molecule has 1 unspecified atom stereocenters. The Kier molecular flexibility index (Phi) is 3.15. The van der Waals surface area contributed by atoms with E-state index in [9.17, 15) is 4.57 Å². The van der Waals surface area contributed by atoms with Crippen molar-refractivity contribution in [1.29, 1.82) is 0 Å². The highest BCUT2D eigenvalue weighted by Crippen LogP contribution is 2.23. The smallest absolute Gasteiger partial charge is 0.138 e. The minimum atomic E-state index is -1.57. The third-order valence-electron chi connectivity index (χ3n) is 2.06. The van der Waals surface area contributed by atoms with Gasteiger partial charge in [0.05, 0.1) is 10.3 Å². The van der Waals surface area contributed by atoms with Gasteiger partial charge in [0.25, 0.3) is 0 Å². The van der Waals surface area contributed by atoms with Crippen molar-refractivity contribution < 1.29 is 4.57 Å². The lowest BCUT2D eigenvalue weighted by molar-refractivity contribution is 0.598. The van der Waals surface area contributed by atoms with Crippen LogP contribution in [0.2, 0.25) is 5.02 Å². The first kappa shape index (κ1) is 10.4. The van der Waals surface area contributed by atoms with Gasteiger partial charge in [-0.3, -0.25) is 4.57 Å². The van der Waals surface area contributed by atoms with Crippen molar-refractivity contribution in [2.24, 2.45) is 0 Å². The summed E-state index contributed by atoms with van der Waals surface area (Å²) in [5, 5.41) is 2.06. The Bertz CT molecular complexity index is 482. The zero-order chi connectivity index (χ0) is 10.7. The van der Waals surface area contributed by atoms with Crippen molar-refractivity contribution >= 4 is 30.0 Å².